The molecule has 1 N–H and O–H groups in total. The van der Waals surface area contributed by atoms with E-state index in [4.69, 9.17) is 4.74 Å². The molecule has 192 valence electrons. The van der Waals surface area contributed by atoms with Gasteiger partial charge in [-0.2, -0.15) is 0 Å². The predicted molar refractivity (Wildman–Crippen MR) is 132 cm³/mol. The highest BCUT2D eigenvalue weighted by Crippen LogP contribution is 2.49. The molecule has 3 amide bonds. The van der Waals surface area contributed by atoms with E-state index < -0.39 is 5.54 Å². The Balaban J connectivity index is 1.04. The van der Waals surface area contributed by atoms with Crippen molar-refractivity contribution in [3.8, 4) is 5.75 Å². The van der Waals surface area contributed by atoms with Gasteiger partial charge in [-0.3, -0.25) is 24.6 Å². The van der Waals surface area contributed by atoms with Crippen molar-refractivity contribution in [2.75, 3.05) is 13.1 Å². The monoisotopic (exact) mass is 503 g/mol. The largest absolute Gasteiger partial charge is 0.489 e. The summed E-state index contributed by atoms with van der Waals surface area (Å²) < 4.78 is 20.2. The fourth-order valence-electron chi connectivity index (χ4n) is 7.08. The van der Waals surface area contributed by atoms with Gasteiger partial charge in [0.1, 0.15) is 23.2 Å². The minimum atomic E-state index is -0.903. The summed E-state index contributed by atoms with van der Waals surface area (Å²) in [6.45, 7) is 2.18. The number of halogens is 1. The van der Waals surface area contributed by atoms with Crippen molar-refractivity contribution in [2.45, 2.75) is 68.7 Å². The van der Waals surface area contributed by atoms with Gasteiger partial charge in [0, 0.05) is 43.1 Å². The highest BCUT2D eigenvalue weighted by Gasteiger charge is 2.63. The van der Waals surface area contributed by atoms with Crippen LogP contribution in [0, 0.1) is 11.7 Å². The van der Waals surface area contributed by atoms with Crippen LogP contribution in [0.25, 0.3) is 0 Å². The van der Waals surface area contributed by atoms with E-state index in [9.17, 15) is 18.8 Å². The standard InChI is InChI=1S/C29H30FN3O4/c30-21-5-3-4-17(10-21)20-14-32(15-20)24-6-1-2-7-25(24)37-22-8-9-23-18(11-22)16-33(27(23)35)29-12-19(13-29)26(34)31-28(29)36/h3-5,8-11,19-20,24-25H,1-2,6-7,12-16H2,(H,31,34,36)/t19?,24-,25+,29?/m0/s1. The Morgan fingerprint density at radius 1 is 0.973 bits per heavy atom. The molecule has 0 spiro atoms. The summed E-state index contributed by atoms with van der Waals surface area (Å²) in [4.78, 5) is 41.8. The molecule has 8 heteroatoms. The molecule has 4 aliphatic heterocycles. The Morgan fingerprint density at radius 3 is 2.57 bits per heavy atom. The molecule has 3 saturated heterocycles. The van der Waals surface area contributed by atoms with E-state index in [0.717, 1.165) is 49.2 Å². The van der Waals surface area contributed by atoms with Crippen molar-refractivity contribution in [3.05, 3.63) is 65.0 Å². The minimum absolute atomic E-state index is 0.0644. The van der Waals surface area contributed by atoms with Crippen LogP contribution < -0.4 is 10.1 Å². The first-order valence-corrected chi connectivity index (χ1v) is 13.4. The number of nitrogens with one attached hydrogen (secondary N) is 1. The number of amides is 3. The number of nitrogens with zero attached hydrogens (tertiary/aromatic N) is 2. The molecule has 2 aromatic rings. The van der Waals surface area contributed by atoms with Gasteiger partial charge in [0.15, 0.2) is 0 Å². The Bertz CT molecular complexity index is 1300. The fraction of sp³-hybridized carbons (Fsp3) is 0.483. The topological polar surface area (TPSA) is 79.0 Å². The average molecular weight is 504 g/mol. The molecule has 0 radical (unpaired) electrons. The molecule has 2 aliphatic carbocycles. The Labute approximate surface area is 214 Å². The zero-order valence-corrected chi connectivity index (χ0v) is 20.6. The van der Waals surface area contributed by atoms with Gasteiger partial charge in [-0.05, 0) is 73.6 Å². The molecule has 6 aliphatic rings. The van der Waals surface area contributed by atoms with Crippen LogP contribution in [0.2, 0.25) is 0 Å². The molecular weight excluding hydrogens is 473 g/mol. The van der Waals surface area contributed by atoms with Crippen LogP contribution in [0.5, 0.6) is 5.75 Å². The lowest BCUT2D eigenvalue weighted by atomic mass is 9.63. The second-order valence-electron chi connectivity index (χ2n) is 11.4. The molecule has 2 aromatic carbocycles. The highest BCUT2D eigenvalue weighted by molar-refractivity contribution is 6.10. The van der Waals surface area contributed by atoms with Crippen molar-refractivity contribution >= 4 is 17.7 Å². The van der Waals surface area contributed by atoms with E-state index in [1.807, 2.05) is 24.3 Å². The second-order valence-corrected chi connectivity index (χ2v) is 11.4. The molecule has 2 saturated carbocycles. The molecule has 7 nitrogen and oxygen atoms in total. The van der Waals surface area contributed by atoms with Gasteiger partial charge < -0.3 is 9.64 Å². The minimum Gasteiger partial charge on any atom is -0.489 e. The third kappa shape index (κ3) is 3.60. The molecular formula is C29H30FN3O4. The zero-order valence-electron chi connectivity index (χ0n) is 20.6. The number of rotatable bonds is 5. The number of hydrogen-bond acceptors (Lipinski definition) is 5. The highest BCUT2D eigenvalue weighted by atomic mass is 19.1. The van der Waals surface area contributed by atoms with E-state index in [0.29, 0.717) is 36.9 Å². The fourth-order valence-corrected chi connectivity index (χ4v) is 7.08. The number of ether oxygens (including phenoxy) is 1. The lowest BCUT2D eigenvalue weighted by Gasteiger charge is -2.53. The molecule has 8 rings (SSSR count). The third-order valence-electron chi connectivity index (χ3n) is 9.25. The first-order chi connectivity index (χ1) is 17.9. The lowest BCUT2D eigenvalue weighted by molar-refractivity contribution is -0.160. The lowest BCUT2D eigenvalue weighted by Crippen LogP contribution is -2.73. The molecule has 0 unspecified atom stereocenters. The van der Waals surface area contributed by atoms with Crippen LogP contribution in [-0.2, 0) is 16.1 Å². The number of fused-ring (bicyclic) bond motifs is 3. The maximum absolute atomic E-state index is 13.7. The summed E-state index contributed by atoms with van der Waals surface area (Å²) in [5.41, 5.74) is 1.63. The van der Waals surface area contributed by atoms with Gasteiger partial charge in [-0.25, -0.2) is 4.39 Å². The normalized spacial score (nSPS) is 31.4. The maximum atomic E-state index is 13.7. The summed E-state index contributed by atoms with van der Waals surface area (Å²) in [6, 6.07) is 12.9. The SMILES string of the molecule is O=C1NC(=O)C2(N3Cc4cc(O[C@@H]5CCCC[C@@H]5N5CC(c6cccc(F)c6)C5)ccc4C3=O)CC1C2. The van der Waals surface area contributed by atoms with Gasteiger partial charge in [0.25, 0.3) is 11.8 Å². The molecule has 2 atom stereocenters. The van der Waals surface area contributed by atoms with Crippen LogP contribution in [0.3, 0.4) is 0 Å². The van der Waals surface area contributed by atoms with E-state index in [1.165, 1.54) is 12.5 Å². The van der Waals surface area contributed by atoms with Gasteiger partial charge in [-0.1, -0.05) is 18.6 Å². The van der Waals surface area contributed by atoms with Crippen molar-refractivity contribution in [1.82, 2.24) is 15.1 Å². The zero-order chi connectivity index (χ0) is 25.3. The number of imide groups is 1. The second kappa shape index (κ2) is 8.38. The number of likely N-dealkylation sites (tertiary alicyclic amines) is 1. The average Bonchev–Trinajstić information content (AvgIpc) is 3.14. The Hall–Kier alpha value is -3.26. The van der Waals surface area contributed by atoms with Crippen LogP contribution in [0.1, 0.15) is 65.9 Å². The van der Waals surface area contributed by atoms with E-state index in [2.05, 4.69) is 10.2 Å². The Kier molecular flexibility index (Phi) is 5.19. The first-order valence-electron chi connectivity index (χ1n) is 13.4. The van der Waals surface area contributed by atoms with Crippen molar-refractivity contribution < 1.29 is 23.5 Å². The molecule has 37 heavy (non-hydrogen) atoms. The van der Waals surface area contributed by atoms with Gasteiger partial charge in [0.2, 0.25) is 5.91 Å². The number of carbonyl (C=O) groups excluding carboxylic acids is 3. The first kappa shape index (κ1) is 22.9. The summed E-state index contributed by atoms with van der Waals surface area (Å²) >= 11 is 0. The number of benzene rings is 2. The molecule has 2 bridgehead atoms. The van der Waals surface area contributed by atoms with Crippen LogP contribution in [-0.4, -0.2) is 58.3 Å². The summed E-state index contributed by atoms with van der Waals surface area (Å²) in [5, 5.41) is 2.43. The van der Waals surface area contributed by atoms with Crippen molar-refractivity contribution in [3.63, 3.8) is 0 Å². The van der Waals surface area contributed by atoms with Crippen molar-refractivity contribution in [1.29, 1.82) is 0 Å². The molecule has 0 aromatic heterocycles. The quantitative estimate of drug-likeness (QED) is 0.633. The third-order valence-corrected chi connectivity index (χ3v) is 9.25. The molecule has 4 heterocycles. The van der Waals surface area contributed by atoms with E-state index in [1.54, 1.807) is 17.0 Å². The smallest absolute Gasteiger partial charge is 0.255 e. The summed E-state index contributed by atoms with van der Waals surface area (Å²) in [5.74, 6) is 0.0138. The predicted octanol–water partition coefficient (Wildman–Crippen LogP) is 3.38. The van der Waals surface area contributed by atoms with Crippen LogP contribution >= 0.6 is 0 Å². The Morgan fingerprint density at radius 2 is 1.78 bits per heavy atom. The summed E-state index contributed by atoms with van der Waals surface area (Å²) in [7, 11) is 0. The van der Waals surface area contributed by atoms with Gasteiger partial charge in [0.05, 0.1) is 0 Å². The van der Waals surface area contributed by atoms with Gasteiger partial charge >= 0.3 is 0 Å². The number of carbonyl (C=O) groups is 3. The van der Waals surface area contributed by atoms with Gasteiger partial charge in [-0.15, -0.1) is 0 Å². The maximum Gasteiger partial charge on any atom is 0.255 e. The number of piperidine rings is 2. The van der Waals surface area contributed by atoms with Crippen molar-refractivity contribution in [2.24, 2.45) is 5.92 Å². The van der Waals surface area contributed by atoms with E-state index in [-0.39, 0.29) is 35.6 Å². The molecule has 5 fully saturated rings. The number of hydrogen-bond donors (Lipinski definition) is 1. The van der Waals surface area contributed by atoms with E-state index >= 15 is 0 Å². The van der Waals surface area contributed by atoms with Crippen LogP contribution in [0.15, 0.2) is 42.5 Å². The summed E-state index contributed by atoms with van der Waals surface area (Å²) in [6.07, 6.45) is 5.24. The van der Waals surface area contributed by atoms with Crippen LogP contribution in [0.4, 0.5) is 4.39 Å².